The number of carbonyl (C=O) groups excluding carboxylic acids is 2. The SMILES string of the molecule is CC(C)(O)C(=O)N[C@H]1CC(=O)N(Cc2ccccc2C(F)(F)F)C1. The topological polar surface area (TPSA) is 69.6 Å². The van der Waals surface area contributed by atoms with Gasteiger partial charge in [-0.05, 0) is 25.5 Å². The Hall–Kier alpha value is -2.09. The molecule has 1 fully saturated rings. The second kappa shape index (κ2) is 6.43. The number of carbonyl (C=O) groups is 2. The van der Waals surface area contributed by atoms with Gasteiger partial charge in [0.15, 0.2) is 0 Å². The lowest BCUT2D eigenvalue weighted by Crippen LogP contribution is -2.47. The molecule has 1 saturated heterocycles. The number of hydrogen-bond acceptors (Lipinski definition) is 3. The number of nitrogens with zero attached hydrogens (tertiary/aromatic N) is 1. The van der Waals surface area contributed by atoms with Crippen molar-refractivity contribution < 1.29 is 27.9 Å². The number of halogens is 3. The van der Waals surface area contributed by atoms with E-state index in [0.717, 1.165) is 6.07 Å². The Bertz CT molecular complexity index is 638. The van der Waals surface area contributed by atoms with Crippen LogP contribution in [0.25, 0.3) is 0 Å². The van der Waals surface area contributed by atoms with Crippen molar-refractivity contribution in [1.82, 2.24) is 10.2 Å². The van der Waals surface area contributed by atoms with Crippen LogP contribution in [0, 0.1) is 0 Å². The van der Waals surface area contributed by atoms with Crippen molar-refractivity contribution in [3.05, 3.63) is 35.4 Å². The van der Waals surface area contributed by atoms with Crippen LogP contribution in [0.15, 0.2) is 24.3 Å². The van der Waals surface area contributed by atoms with E-state index in [4.69, 9.17) is 0 Å². The first-order valence-corrected chi connectivity index (χ1v) is 7.44. The number of hydrogen-bond donors (Lipinski definition) is 2. The van der Waals surface area contributed by atoms with Crippen LogP contribution >= 0.6 is 0 Å². The van der Waals surface area contributed by atoms with Crippen LogP contribution in [-0.4, -0.2) is 40.0 Å². The lowest BCUT2D eigenvalue weighted by atomic mass is 10.1. The maximum Gasteiger partial charge on any atom is 0.416 e. The molecule has 132 valence electrons. The molecular weight excluding hydrogens is 325 g/mol. The fraction of sp³-hybridized carbons (Fsp3) is 0.500. The van der Waals surface area contributed by atoms with E-state index in [0.29, 0.717) is 0 Å². The van der Waals surface area contributed by atoms with E-state index in [9.17, 15) is 27.9 Å². The largest absolute Gasteiger partial charge is 0.416 e. The summed E-state index contributed by atoms with van der Waals surface area (Å²) in [5, 5.41) is 12.1. The van der Waals surface area contributed by atoms with Crippen LogP contribution in [-0.2, 0) is 22.3 Å². The zero-order valence-corrected chi connectivity index (χ0v) is 13.4. The lowest BCUT2D eigenvalue weighted by molar-refractivity contribution is -0.139. The maximum absolute atomic E-state index is 13.0. The second-order valence-electron chi connectivity index (χ2n) is 6.36. The van der Waals surface area contributed by atoms with Gasteiger partial charge in [-0.3, -0.25) is 9.59 Å². The minimum Gasteiger partial charge on any atom is -0.381 e. The molecule has 5 nitrogen and oxygen atoms in total. The first kappa shape index (κ1) is 18.3. The number of amides is 2. The van der Waals surface area contributed by atoms with Crippen LogP contribution < -0.4 is 5.32 Å². The highest BCUT2D eigenvalue weighted by Gasteiger charge is 2.37. The van der Waals surface area contributed by atoms with E-state index >= 15 is 0 Å². The molecule has 0 radical (unpaired) electrons. The van der Waals surface area contributed by atoms with Gasteiger partial charge in [0, 0.05) is 19.5 Å². The van der Waals surface area contributed by atoms with Crippen LogP contribution in [0.2, 0.25) is 0 Å². The van der Waals surface area contributed by atoms with Gasteiger partial charge in [0.05, 0.1) is 11.6 Å². The van der Waals surface area contributed by atoms with E-state index < -0.39 is 29.3 Å². The first-order chi connectivity index (χ1) is 11.0. The van der Waals surface area contributed by atoms with Gasteiger partial charge in [0.1, 0.15) is 5.60 Å². The van der Waals surface area contributed by atoms with Crippen LogP contribution in [0.5, 0.6) is 0 Å². The number of alkyl halides is 3. The molecule has 0 unspecified atom stereocenters. The molecule has 0 spiro atoms. The van der Waals surface area contributed by atoms with Gasteiger partial charge < -0.3 is 15.3 Å². The minimum atomic E-state index is -4.49. The number of benzene rings is 1. The molecule has 1 atom stereocenters. The molecule has 2 rings (SSSR count). The third-order valence-corrected chi connectivity index (χ3v) is 3.79. The molecule has 0 aromatic heterocycles. The summed E-state index contributed by atoms with van der Waals surface area (Å²) in [5.41, 5.74) is -2.35. The molecule has 24 heavy (non-hydrogen) atoms. The number of aliphatic hydroxyl groups is 1. The monoisotopic (exact) mass is 344 g/mol. The molecule has 1 aliphatic rings. The summed E-state index contributed by atoms with van der Waals surface area (Å²) in [6.07, 6.45) is -4.50. The van der Waals surface area contributed by atoms with Gasteiger partial charge in [0.2, 0.25) is 5.91 Å². The number of nitrogens with one attached hydrogen (secondary N) is 1. The lowest BCUT2D eigenvalue weighted by Gasteiger charge is -2.22. The highest BCUT2D eigenvalue weighted by molar-refractivity contribution is 5.86. The second-order valence-corrected chi connectivity index (χ2v) is 6.36. The van der Waals surface area contributed by atoms with E-state index in [1.165, 1.54) is 36.9 Å². The van der Waals surface area contributed by atoms with Gasteiger partial charge in [-0.25, -0.2) is 0 Å². The molecule has 2 amide bonds. The normalized spacial score (nSPS) is 18.8. The standard InChI is InChI=1S/C16H19F3N2O3/c1-15(2,24)14(23)20-11-7-13(22)21(9-11)8-10-5-3-4-6-12(10)16(17,18)19/h3-6,11,24H,7-9H2,1-2H3,(H,20,23)/t11-/m0/s1. The van der Waals surface area contributed by atoms with Crippen molar-refractivity contribution >= 4 is 11.8 Å². The molecule has 1 aliphatic heterocycles. The molecule has 2 N–H and O–H groups in total. The molecule has 1 aromatic rings. The average Bonchev–Trinajstić information content (AvgIpc) is 2.77. The van der Waals surface area contributed by atoms with Gasteiger partial charge in [-0.1, -0.05) is 18.2 Å². The van der Waals surface area contributed by atoms with Crippen molar-refractivity contribution in [2.24, 2.45) is 0 Å². The summed E-state index contributed by atoms with van der Waals surface area (Å²) in [7, 11) is 0. The van der Waals surface area contributed by atoms with E-state index in [1.807, 2.05) is 0 Å². The Morgan fingerprint density at radius 2 is 1.96 bits per heavy atom. The summed E-state index contributed by atoms with van der Waals surface area (Å²) in [6, 6.07) is 4.56. The van der Waals surface area contributed by atoms with Crippen molar-refractivity contribution in [2.75, 3.05) is 6.54 Å². The minimum absolute atomic E-state index is 0.00396. The Balaban J connectivity index is 2.08. The van der Waals surface area contributed by atoms with Gasteiger partial charge in [-0.2, -0.15) is 13.2 Å². The van der Waals surface area contributed by atoms with Gasteiger partial charge >= 0.3 is 6.18 Å². The van der Waals surface area contributed by atoms with Gasteiger partial charge in [-0.15, -0.1) is 0 Å². The first-order valence-electron chi connectivity index (χ1n) is 7.44. The predicted octanol–water partition coefficient (Wildman–Crippen LogP) is 1.69. The van der Waals surface area contributed by atoms with Crippen molar-refractivity contribution in [1.29, 1.82) is 0 Å². The van der Waals surface area contributed by atoms with E-state index in [2.05, 4.69) is 5.32 Å². The zero-order chi connectivity index (χ0) is 18.1. The fourth-order valence-corrected chi connectivity index (χ4v) is 2.52. The molecule has 0 bridgehead atoms. The summed E-state index contributed by atoms with van der Waals surface area (Å²) in [4.78, 5) is 25.0. The quantitative estimate of drug-likeness (QED) is 0.873. The van der Waals surface area contributed by atoms with Crippen molar-refractivity contribution in [3.8, 4) is 0 Å². The Kier molecular flexibility index (Phi) is 4.89. The highest BCUT2D eigenvalue weighted by Crippen LogP contribution is 2.32. The third kappa shape index (κ3) is 4.25. The molecular formula is C16H19F3N2O3. The summed E-state index contributed by atoms with van der Waals surface area (Å²) in [6.45, 7) is 2.56. The molecule has 0 aliphatic carbocycles. The number of likely N-dealkylation sites (tertiary alicyclic amines) is 1. The van der Waals surface area contributed by atoms with E-state index in [1.54, 1.807) is 0 Å². The number of rotatable bonds is 4. The Labute approximate surface area is 137 Å². The Morgan fingerprint density at radius 3 is 2.54 bits per heavy atom. The average molecular weight is 344 g/mol. The highest BCUT2D eigenvalue weighted by atomic mass is 19.4. The van der Waals surface area contributed by atoms with Gasteiger partial charge in [0.25, 0.3) is 5.91 Å². The van der Waals surface area contributed by atoms with Crippen LogP contribution in [0.1, 0.15) is 31.4 Å². The maximum atomic E-state index is 13.0. The third-order valence-electron chi connectivity index (χ3n) is 3.79. The van der Waals surface area contributed by atoms with Crippen LogP contribution in [0.3, 0.4) is 0 Å². The summed E-state index contributed by atoms with van der Waals surface area (Å²) >= 11 is 0. The fourth-order valence-electron chi connectivity index (χ4n) is 2.52. The molecule has 0 saturated carbocycles. The van der Waals surface area contributed by atoms with Crippen LogP contribution in [0.4, 0.5) is 13.2 Å². The summed E-state index contributed by atoms with van der Waals surface area (Å²) in [5.74, 6) is -0.967. The van der Waals surface area contributed by atoms with E-state index in [-0.39, 0.29) is 31.0 Å². The molecule has 8 heteroatoms. The molecule has 1 aromatic carbocycles. The van der Waals surface area contributed by atoms with Crippen molar-refractivity contribution in [2.45, 2.75) is 44.6 Å². The Morgan fingerprint density at radius 1 is 1.33 bits per heavy atom. The zero-order valence-electron chi connectivity index (χ0n) is 13.4. The predicted molar refractivity (Wildman–Crippen MR) is 79.7 cm³/mol. The van der Waals surface area contributed by atoms with Crippen molar-refractivity contribution in [3.63, 3.8) is 0 Å². The smallest absolute Gasteiger partial charge is 0.381 e. The molecule has 1 heterocycles. The summed E-state index contributed by atoms with van der Waals surface area (Å²) < 4.78 is 39.0.